The van der Waals surface area contributed by atoms with E-state index in [-0.39, 0.29) is 0 Å². The lowest BCUT2D eigenvalue weighted by Crippen LogP contribution is -2.17. The van der Waals surface area contributed by atoms with Crippen LogP contribution in [0.15, 0.2) is 30.7 Å². The predicted molar refractivity (Wildman–Crippen MR) is 76.6 cm³/mol. The highest BCUT2D eigenvalue weighted by molar-refractivity contribution is 5.54. The molecule has 1 aliphatic rings. The molecule has 1 N–H and O–H groups in total. The Morgan fingerprint density at radius 2 is 2.14 bits per heavy atom. The first-order valence-corrected chi connectivity index (χ1v) is 6.79. The summed E-state index contributed by atoms with van der Waals surface area (Å²) < 4.78 is 16.6. The molecular formula is C15H17N3O3. The summed E-state index contributed by atoms with van der Waals surface area (Å²) in [5.41, 5.74) is 2.03. The molecule has 6 nitrogen and oxygen atoms in total. The third kappa shape index (κ3) is 3.22. The second-order valence-electron chi connectivity index (χ2n) is 4.63. The van der Waals surface area contributed by atoms with E-state index in [0.717, 1.165) is 17.0 Å². The molecule has 21 heavy (non-hydrogen) atoms. The first-order chi connectivity index (χ1) is 10.4. The highest BCUT2D eigenvalue weighted by Gasteiger charge is 2.18. The summed E-state index contributed by atoms with van der Waals surface area (Å²) >= 11 is 0. The Balaban J connectivity index is 1.68. The fourth-order valence-corrected chi connectivity index (χ4v) is 2.19. The van der Waals surface area contributed by atoms with E-state index < -0.39 is 0 Å². The average Bonchev–Trinajstić information content (AvgIpc) is 2.55. The van der Waals surface area contributed by atoms with E-state index in [1.165, 1.54) is 0 Å². The largest absolute Gasteiger partial charge is 0.493 e. The molecule has 1 aliphatic heterocycles. The number of aromatic nitrogens is 2. The maximum atomic E-state index is 5.62. The van der Waals surface area contributed by atoms with Gasteiger partial charge in [-0.15, -0.1) is 0 Å². The molecule has 0 spiro atoms. The monoisotopic (exact) mass is 287 g/mol. The van der Waals surface area contributed by atoms with Gasteiger partial charge in [0.15, 0.2) is 11.5 Å². The van der Waals surface area contributed by atoms with Gasteiger partial charge in [0.25, 0.3) is 0 Å². The van der Waals surface area contributed by atoms with E-state index in [1.54, 1.807) is 19.6 Å². The van der Waals surface area contributed by atoms with Gasteiger partial charge in [-0.3, -0.25) is 0 Å². The van der Waals surface area contributed by atoms with Crippen LogP contribution < -0.4 is 19.5 Å². The maximum absolute atomic E-state index is 5.62. The summed E-state index contributed by atoms with van der Waals surface area (Å²) in [4.78, 5) is 8.07. The maximum Gasteiger partial charge on any atom is 0.203 e. The SMILES string of the molecule is COc1cc(CNCc2ccncn2)cc2c1OCCO2. The molecule has 1 aromatic carbocycles. The molecule has 0 atom stereocenters. The van der Waals surface area contributed by atoms with Gasteiger partial charge < -0.3 is 19.5 Å². The molecule has 2 heterocycles. The van der Waals surface area contributed by atoms with Crippen molar-refractivity contribution in [3.63, 3.8) is 0 Å². The van der Waals surface area contributed by atoms with Crippen molar-refractivity contribution in [1.82, 2.24) is 15.3 Å². The van der Waals surface area contributed by atoms with Crippen molar-refractivity contribution in [2.45, 2.75) is 13.1 Å². The van der Waals surface area contributed by atoms with Crippen molar-refractivity contribution in [3.8, 4) is 17.2 Å². The molecular weight excluding hydrogens is 270 g/mol. The average molecular weight is 287 g/mol. The highest BCUT2D eigenvalue weighted by Crippen LogP contribution is 2.40. The number of fused-ring (bicyclic) bond motifs is 1. The Morgan fingerprint density at radius 1 is 1.24 bits per heavy atom. The van der Waals surface area contributed by atoms with Gasteiger partial charge >= 0.3 is 0 Å². The molecule has 0 unspecified atom stereocenters. The zero-order chi connectivity index (χ0) is 14.5. The minimum atomic E-state index is 0.550. The van der Waals surface area contributed by atoms with Crippen molar-refractivity contribution >= 4 is 0 Å². The van der Waals surface area contributed by atoms with Crippen LogP contribution in [0.5, 0.6) is 17.2 Å². The number of rotatable bonds is 5. The minimum Gasteiger partial charge on any atom is -0.493 e. The third-order valence-corrected chi connectivity index (χ3v) is 3.17. The highest BCUT2D eigenvalue weighted by atomic mass is 16.6. The fraction of sp³-hybridized carbons (Fsp3) is 0.333. The number of hydrogen-bond donors (Lipinski definition) is 1. The summed E-state index contributed by atoms with van der Waals surface area (Å²) in [6.07, 6.45) is 3.28. The Morgan fingerprint density at radius 3 is 2.95 bits per heavy atom. The number of nitrogens with zero attached hydrogens (tertiary/aromatic N) is 2. The number of nitrogens with one attached hydrogen (secondary N) is 1. The summed E-state index contributed by atoms with van der Waals surface area (Å²) in [6, 6.07) is 5.82. The van der Waals surface area contributed by atoms with Crippen molar-refractivity contribution in [3.05, 3.63) is 42.0 Å². The van der Waals surface area contributed by atoms with Crippen molar-refractivity contribution in [1.29, 1.82) is 0 Å². The van der Waals surface area contributed by atoms with Gasteiger partial charge in [-0.25, -0.2) is 9.97 Å². The molecule has 6 heteroatoms. The van der Waals surface area contributed by atoms with Crippen LogP contribution in [0.1, 0.15) is 11.3 Å². The van der Waals surface area contributed by atoms with E-state index in [2.05, 4.69) is 15.3 Å². The lowest BCUT2D eigenvalue weighted by Gasteiger charge is -2.21. The molecule has 1 aromatic heterocycles. The number of benzene rings is 1. The van der Waals surface area contributed by atoms with Gasteiger partial charge in [-0.1, -0.05) is 0 Å². The van der Waals surface area contributed by atoms with Crippen LogP contribution in [0.4, 0.5) is 0 Å². The third-order valence-electron chi connectivity index (χ3n) is 3.17. The quantitative estimate of drug-likeness (QED) is 0.900. The fourth-order valence-electron chi connectivity index (χ4n) is 2.19. The lowest BCUT2D eigenvalue weighted by atomic mass is 10.1. The molecule has 0 bridgehead atoms. The van der Waals surface area contributed by atoms with Gasteiger partial charge in [0.1, 0.15) is 19.5 Å². The molecule has 0 aliphatic carbocycles. The van der Waals surface area contributed by atoms with E-state index in [1.807, 2.05) is 18.2 Å². The Hall–Kier alpha value is -2.34. The van der Waals surface area contributed by atoms with Crippen LogP contribution >= 0.6 is 0 Å². The van der Waals surface area contributed by atoms with Crippen LogP contribution in [-0.4, -0.2) is 30.3 Å². The van der Waals surface area contributed by atoms with E-state index >= 15 is 0 Å². The molecule has 110 valence electrons. The Bertz CT molecular complexity index is 587. The van der Waals surface area contributed by atoms with Crippen molar-refractivity contribution in [2.75, 3.05) is 20.3 Å². The second kappa shape index (κ2) is 6.41. The molecule has 3 rings (SSSR count). The molecule has 0 amide bonds. The van der Waals surface area contributed by atoms with Crippen LogP contribution in [0.25, 0.3) is 0 Å². The summed E-state index contributed by atoms with van der Waals surface area (Å²) in [5.74, 6) is 2.12. The van der Waals surface area contributed by atoms with Gasteiger partial charge in [0.2, 0.25) is 5.75 Å². The standard InChI is InChI=1S/C15H17N3O3/c1-19-13-6-11(7-14-15(13)21-5-4-20-14)8-17-9-12-2-3-16-10-18-12/h2-3,6-7,10,17H,4-5,8-9H2,1H3. The van der Waals surface area contributed by atoms with Crippen LogP contribution in [-0.2, 0) is 13.1 Å². The molecule has 2 aromatic rings. The number of hydrogen-bond acceptors (Lipinski definition) is 6. The van der Waals surface area contributed by atoms with Gasteiger partial charge in [-0.05, 0) is 23.8 Å². The van der Waals surface area contributed by atoms with Gasteiger partial charge in [0.05, 0.1) is 12.8 Å². The van der Waals surface area contributed by atoms with E-state index in [9.17, 15) is 0 Å². The van der Waals surface area contributed by atoms with E-state index in [4.69, 9.17) is 14.2 Å². The van der Waals surface area contributed by atoms with Crippen LogP contribution in [0.2, 0.25) is 0 Å². The smallest absolute Gasteiger partial charge is 0.203 e. The van der Waals surface area contributed by atoms with Crippen molar-refractivity contribution in [2.24, 2.45) is 0 Å². The zero-order valence-electron chi connectivity index (χ0n) is 11.8. The number of ether oxygens (including phenoxy) is 3. The summed E-state index contributed by atoms with van der Waals surface area (Å²) in [5, 5.41) is 3.33. The summed E-state index contributed by atoms with van der Waals surface area (Å²) in [6.45, 7) is 2.49. The van der Waals surface area contributed by atoms with Crippen molar-refractivity contribution < 1.29 is 14.2 Å². The normalized spacial score (nSPS) is 13.0. The molecule has 0 saturated heterocycles. The Kier molecular flexibility index (Phi) is 4.16. The molecule has 0 fully saturated rings. The second-order valence-corrected chi connectivity index (χ2v) is 4.63. The van der Waals surface area contributed by atoms with E-state index in [0.29, 0.717) is 37.8 Å². The van der Waals surface area contributed by atoms with Gasteiger partial charge in [0, 0.05) is 19.3 Å². The number of methoxy groups -OCH3 is 1. The minimum absolute atomic E-state index is 0.550. The predicted octanol–water partition coefficient (Wildman–Crippen LogP) is 1.55. The topological polar surface area (TPSA) is 65.5 Å². The first-order valence-electron chi connectivity index (χ1n) is 6.79. The lowest BCUT2D eigenvalue weighted by molar-refractivity contribution is 0.165. The van der Waals surface area contributed by atoms with Crippen LogP contribution in [0, 0.1) is 0 Å². The zero-order valence-corrected chi connectivity index (χ0v) is 11.8. The van der Waals surface area contributed by atoms with Crippen LogP contribution in [0.3, 0.4) is 0 Å². The molecule has 0 radical (unpaired) electrons. The first kappa shape index (κ1) is 13.6. The molecule has 0 saturated carbocycles. The van der Waals surface area contributed by atoms with Gasteiger partial charge in [-0.2, -0.15) is 0 Å². The Labute approximate surface area is 123 Å². The summed E-state index contributed by atoms with van der Waals surface area (Å²) in [7, 11) is 1.63.